The van der Waals surface area contributed by atoms with E-state index < -0.39 is 7.82 Å². The van der Waals surface area contributed by atoms with Crippen LogP contribution < -0.4 is 0 Å². The average molecular weight is 145 g/mol. The van der Waals surface area contributed by atoms with Crippen LogP contribution in [0.3, 0.4) is 0 Å². The summed E-state index contributed by atoms with van der Waals surface area (Å²) in [6.07, 6.45) is 0. The maximum absolute atomic E-state index is 9.28. The van der Waals surface area contributed by atoms with Gasteiger partial charge in [0.25, 0.3) is 0 Å². The van der Waals surface area contributed by atoms with Crippen LogP contribution in [0.1, 0.15) is 0 Å². The van der Waals surface area contributed by atoms with Crippen molar-refractivity contribution in [3.8, 4) is 0 Å². The molecule has 0 aromatic rings. The van der Waals surface area contributed by atoms with E-state index in [1.54, 1.807) is 0 Å². The minimum Gasteiger partial charge on any atom is -0.303 e. The van der Waals surface area contributed by atoms with Gasteiger partial charge in [0.1, 0.15) is 0 Å². The molecule has 0 atom stereocenters. The van der Waals surface area contributed by atoms with E-state index in [1.807, 2.05) is 0 Å². The summed E-state index contributed by atoms with van der Waals surface area (Å²) in [7, 11) is -4.48. The van der Waals surface area contributed by atoms with Crippen molar-refractivity contribution in [2.45, 2.75) is 0 Å². The fourth-order valence-electron chi connectivity index (χ4n) is 0. The number of hydrogen-bond acceptors (Lipinski definition) is 2. The third-order valence-corrected chi connectivity index (χ3v) is 0. The van der Waals surface area contributed by atoms with E-state index in [4.69, 9.17) is 11.2 Å². The molecule has 0 aliphatic rings. The molecule has 0 aliphatic carbocycles. The third kappa shape index (κ3) is 68.0. The molecule has 0 rings (SSSR count). The quantitative estimate of drug-likeness (QED) is 0.304. The molecule has 7 heavy (non-hydrogen) atoms. The zero-order chi connectivity index (χ0) is 5.21. The number of rotatable bonds is 1. The minimum atomic E-state index is -4.48. The fourth-order valence-corrected chi connectivity index (χ4v) is 0. The van der Waals surface area contributed by atoms with Crippen molar-refractivity contribution in [1.82, 2.24) is 0 Å². The summed E-state index contributed by atoms with van der Waals surface area (Å²) in [4.78, 5) is 17.9. The van der Waals surface area contributed by atoms with E-state index in [-0.39, 0.29) is 59.1 Å². The molecule has 0 heterocycles. The van der Waals surface area contributed by atoms with E-state index in [0.717, 1.165) is 0 Å². The Morgan fingerprint density at radius 1 is 1.43 bits per heavy atom. The predicted octanol–water partition coefficient (Wildman–Crippen LogP) is -1.69. The Bertz CT molecular complexity index is 78.1. The summed E-state index contributed by atoms with van der Waals surface area (Å²) < 4.78 is 14.9. The largest absolute Gasteiger partial charge is 0.466 e. The first kappa shape index (κ1) is 11.9. The van der Waals surface area contributed by atoms with Gasteiger partial charge in [0.15, 0.2) is 0 Å². The van der Waals surface area contributed by atoms with Crippen LogP contribution in [0.25, 0.3) is 0 Å². The molecule has 0 spiro atoms. The van der Waals surface area contributed by atoms with E-state index in [9.17, 15) is 4.57 Å². The molecule has 4 nitrogen and oxygen atoms in total. The van der Waals surface area contributed by atoms with Crippen LogP contribution >= 0.6 is 7.82 Å². The molecule has 0 aromatic carbocycles. The van der Waals surface area contributed by atoms with Gasteiger partial charge in [-0.05, 0) is 0 Å². The number of hydrogen-bond donors (Lipinski definition) is 3. The van der Waals surface area contributed by atoms with Crippen LogP contribution in [0.15, 0.2) is 0 Å². The second kappa shape index (κ2) is 6.23. The maximum atomic E-state index is 9.28. The van der Waals surface area contributed by atoms with Crippen molar-refractivity contribution in [2.24, 2.45) is 0 Å². The average Bonchev–Trinajstić information content (AvgIpc) is 1.35. The van der Waals surface area contributed by atoms with Crippen molar-refractivity contribution >= 4 is 66.9 Å². The molecule has 7 heteroatoms. The molecule has 0 amide bonds. The van der Waals surface area contributed by atoms with Crippen LogP contribution in [-0.2, 0) is 4.57 Å². The van der Waals surface area contributed by atoms with E-state index >= 15 is 0 Å². The first-order valence-corrected chi connectivity index (χ1v) is 2.30. The SMILES string of the molecule is [2H]OP(=O)(O)O.[Na].[Na]. The molecular weight excluding hydrogens is 141 g/mol. The van der Waals surface area contributed by atoms with Gasteiger partial charge < -0.3 is 14.7 Å². The molecule has 0 saturated heterocycles. The van der Waals surface area contributed by atoms with Gasteiger partial charge >= 0.3 is 7.82 Å². The van der Waals surface area contributed by atoms with E-state index in [0.29, 0.717) is 0 Å². The summed E-state index contributed by atoms with van der Waals surface area (Å²) in [5, 5.41) is 0. The first-order chi connectivity index (χ1) is 2.56. The molecule has 0 aliphatic heterocycles. The molecular formula is H3Na2O4P. The summed E-state index contributed by atoms with van der Waals surface area (Å²) in [6.45, 7) is 0. The molecule has 3 N–H and O–H groups in total. The molecule has 0 bridgehead atoms. The van der Waals surface area contributed by atoms with Crippen LogP contribution in [-0.4, -0.2) is 75.2 Å². The zero-order valence-corrected chi connectivity index (χ0v) is 9.05. The van der Waals surface area contributed by atoms with Gasteiger partial charge in [-0.1, -0.05) is 0 Å². The second-order valence-electron chi connectivity index (χ2n) is 0.491. The topological polar surface area (TPSA) is 77.8 Å². The van der Waals surface area contributed by atoms with Gasteiger partial charge in [-0.2, -0.15) is 0 Å². The second-order valence-corrected chi connectivity index (χ2v) is 1.47. The molecule has 0 aromatic heterocycles. The summed E-state index contributed by atoms with van der Waals surface area (Å²) >= 11 is 0. The van der Waals surface area contributed by atoms with Gasteiger partial charge in [-0.25, -0.2) is 4.57 Å². The van der Waals surface area contributed by atoms with E-state index in [2.05, 4.69) is 4.90 Å². The predicted molar refractivity (Wildman–Crippen MR) is 25.8 cm³/mol. The van der Waals surface area contributed by atoms with Crippen LogP contribution in [0.4, 0.5) is 0 Å². The normalized spacial score (nSPS) is 10.3. The third-order valence-electron chi connectivity index (χ3n) is 0. The maximum Gasteiger partial charge on any atom is 0.466 e. The van der Waals surface area contributed by atoms with Crippen LogP contribution in [0.5, 0.6) is 0 Å². The summed E-state index contributed by atoms with van der Waals surface area (Å²) in [5.41, 5.74) is 0. The Hall–Kier alpha value is 2.11. The van der Waals surface area contributed by atoms with Crippen LogP contribution in [0.2, 0.25) is 0 Å². The molecule has 2 radical (unpaired) electrons. The summed E-state index contributed by atoms with van der Waals surface area (Å²) in [6, 6.07) is 0. The van der Waals surface area contributed by atoms with Gasteiger partial charge in [-0.15, -0.1) is 0 Å². The Kier molecular flexibility index (Phi) is 10.6. The minimum absolute atomic E-state index is 0. The van der Waals surface area contributed by atoms with Gasteiger partial charge in [-0.3, -0.25) is 0 Å². The van der Waals surface area contributed by atoms with Gasteiger partial charge in [0.2, 0.25) is 1.43 Å². The fraction of sp³-hybridized carbons (Fsp3) is 0. The van der Waals surface area contributed by atoms with E-state index in [1.165, 1.54) is 0 Å². The zero-order valence-electron chi connectivity index (χ0n) is 5.16. The summed E-state index contributed by atoms with van der Waals surface area (Å²) in [5.74, 6) is 0. The smallest absolute Gasteiger partial charge is 0.303 e. The van der Waals surface area contributed by atoms with Gasteiger partial charge in [0.05, 0.1) is 0 Å². The van der Waals surface area contributed by atoms with Crippen molar-refractivity contribution < 1.29 is 19.2 Å². The standard InChI is InChI=1S/2Na.H3O4P/c;;1-5(2,3)4/h;;(H3,1,2,3,4)/i/hD. The Balaban J connectivity index is -0.000000125. The van der Waals surface area contributed by atoms with Crippen molar-refractivity contribution in [2.75, 3.05) is 0 Å². The molecule has 0 saturated carbocycles. The van der Waals surface area contributed by atoms with Crippen LogP contribution in [0, 0.1) is 0 Å². The Morgan fingerprint density at radius 3 is 1.57 bits per heavy atom. The first-order valence-electron chi connectivity index (χ1n) is 1.17. The Labute approximate surface area is 86.6 Å². The number of phosphoric acid groups is 1. The van der Waals surface area contributed by atoms with Crippen molar-refractivity contribution in [3.63, 3.8) is 0 Å². The molecule has 0 fully saturated rings. The monoisotopic (exact) mass is 145 g/mol. The van der Waals surface area contributed by atoms with Crippen molar-refractivity contribution in [3.05, 3.63) is 0 Å². The van der Waals surface area contributed by atoms with Crippen molar-refractivity contribution in [1.29, 1.82) is 1.43 Å². The Morgan fingerprint density at radius 2 is 1.57 bits per heavy atom. The molecule has 34 valence electrons. The molecule has 0 unspecified atom stereocenters. The van der Waals surface area contributed by atoms with Gasteiger partial charge in [0, 0.05) is 59.1 Å².